The molecular formula is C13H12O3. The molecule has 0 saturated carbocycles. The van der Waals surface area contributed by atoms with Gasteiger partial charge in [0.1, 0.15) is 17.6 Å². The summed E-state index contributed by atoms with van der Waals surface area (Å²) in [4.78, 5) is 0. The molecule has 2 heterocycles. The van der Waals surface area contributed by atoms with E-state index in [0.29, 0.717) is 5.76 Å². The molecule has 16 heavy (non-hydrogen) atoms. The summed E-state index contributed by atoms with van der Waals surface area (Å²) in [5.41, 5.74) is 2.00. The maximum atomic E-state index is 10.1. The Balaban J connectivity index is 1.95. The molecular weight excluding hydrogens is 204 g/mol. The molecule has 1 aromatic heterocycles. The van der Waals surface area contributed by atoms with Crippen LogP contribution in [0.3, 0.4) is 0 Å². The lowest BCUT2D eigenvalue weighted by atomic mass is 10.0. The Morgan fingerprint density at radius 1 is 1.25 bits per heavy atom. The van der Waals surface area contributed by atoms with Crippen LogP contribution in [0.4, 0.5) is 0 Å². The smallest absolute Gasteiger partial charge is 0.137 e. The molecule has 0 spiro atoms. The van der Waals surface area contributed by atoms with Gasteiger partial charge < -0.3 is 14.3 Å². The quantitative estimate of drug-likeness (QED) is 0.837. The zero-order valence-electron chi connectivity index (χ0n) is 8.72. The molecule has 2 aromatic rings. The zero-order chi connectivity index (χ0) is 11.0. The normalized spacial score (nSPS) is 15.6. The predicted molar refractivity (Wildman–Crippen MR) is 58.4 cm³/mol. The minimum Gasteiger partial charge on any atom is -0.493 e. The first-order chi connectivity index (χ1) is 7.84. The van der Waals surface area contributed by atoms with Gasteiger partial charge in [-0.05, 0) is 35.4 Å². The highest BCUT2D eigenvalue weighted by Gasteiger charge is 2.17. The Hall–Kier alpha value is -1.74. The van der Waals surface area contributed by atoms with Crippen molar-refractivity contribution in [3.8, 4) is 5.75 Å². The van der Waals surface area contributed by atoms with E-state index < -0.39 is 6.10 Å². The van der Waals surface area contributed by atoms with Crippen molar-refractivity contribution in [2.75, 3.05) is 6.61 Å². The highest BCUT2D eigenvalue weighted by Crippen LogP contribution is 2.30. The number of hydrogen-bond acceptors (Lipinski definition) is 3. The third-order valence-electron chi connectivity index (χ3n) is 2.84. The lowest BCUT2D eigenvalue weighted by Crippen LogP contribution is -1.98. The second-order valence-electron chi connectivity index (χ2n) is 3.88. The summed E-state index contributed by atoms with van der Waals surface area (Å²) < 4.78 is 10.6. The van der Waals surface area contributed by atoms with E-state index in [2.05, 4.69) is 0 Å². The van der Waals surface area contributed by atoms with Gasteiger partial charge in [0.05, 0.1) is 12.9 Å². The van der Waals surface area contributed by atoms with E-state index in [1.54, 1.807) is 18.4 Å². The Morgan fingerprint density at radius 3 is 3.00 bits per heavy atom. The molecule has 0 amide bonds. The standard InChI is InChI=1S/C13H12O3/c14-13(12-2-1-6-15-12)10-3-4-11-9(8-10)5-7-16-11/h1-4,6,8,13-14H,5,7H2. The highest BCUT2D eigenvalue weighted by molar-refractivity contribution is 5.41. The van der Waals surface area contributed by atoms with Crippen LogP contribution in [0.5, 0.6) is 5.75 Å². The van der Waals surface area contributed by atoms with Crippen LogP contribution < -0.4 is 4.74 Å². The lowest BCUT2D eigenvalue weighted by molar-refractivity contribution is 0.189. The van der Waals surface area contributed by atoms with Crippen LogP contribution in [0.1, 0.15) is 23.0 Å². The molecule has 0 aliphatic carbocycles. The Bertz CT molecular complexity index is 488. The lowest BCUT2D eigenvalue weighted by Gasteiger charge is -2.09. The number of hydrogen-bond donors (Lipinski definition) is 1. The number of aliphatic hydroxyl groups excluding tert-OH is 1. The Labute approximate surface area is 93.3 Å². The molecule has 0 fully saturated rings. The van der Waals surface area contributed by atoms with Crippen molar-refractivity contribution >= 4 is 0 Å². The van der Waals surface area contributed by atoms with Gasteiger partial charge >= 0.3 is 0 Å². The van der Waals surface area contributed by atoms with E-state index in [4.69, 9.17) is 9.15 Å². The van der Waals surface area contributed by atoms with Crippen molar-refractivity contribution in [3.63, 3.8) is 0 Å². The van der Waals surface area contributed by atoms with Gasteiger partial charge in [0.2, 0.25) is 0 Å². The molecule has 1 aromatic carbocycles. The van der Waals surface area contributed by atoms with Gasteiger partial charge in [-0.25, -0.2) is 0 Å². The summed E-state index contributed by atoms with van der Waals surface area (Å²) in [5, 5.41) is 10.1. The van der Waals surface area contributed by atoms with Gasteiger partial charge in [0.15, 0.2) is 0 Å². The average molecular weight is 216 g/mol. The van der Waals surface area contributed by atoms with E-state index in [0.717, 1.165) is 29.9 Å². The number of ether oxygens (including phenoxy) is 1. The first-order valence-electron chi connectivity index (χ1n) is 5.32. The molecule has 0 saturated heterocycles. The molecule has 1 aliphatic heterocycles. The van der Waals surface area contributed by atoms with Crippen LogP contribution in [0.2, 0.25) is 0 Å². The van der Waals surface area contributed by atoms with Gasteiger partial charge in [-0.3, -0.25) is 0 Å². The minimum atomic E-state index is -0.694. The number of aliphatic hydroxyl groups is 1. The molecule has 0 bridgehead atoms. The van der Waals surface area contributed by atoms with Gasteiger partial charge in [-0.2, -0.15) is 0 Å². The molecule has 82 valence electrons. The number of benzene rings is 1. The summed E-state index contributed by atoms with van der Waals surface area (Å²) in [6.45, 7) is 0.732. The third kappa shape index (κ3) is 1.49. The number of furan rings is 1. The zero-order valence-corrected chi connectivity index (χ0v) is 8.72. The van der Waals surface area contributed by atoms with Crippen molar-refractivity contribution in [2.45, 2.75) is 12.5 Å². The molecule has 1 aliphatic rings. The summed E-state index contributed by atoms with van der Waals surface area (Å²) >= 11 is 0. The summed E-state index contributed by atoms with van der Waals surface area (Å²) in [6, 6.07) is 9.31. The monoisotopic (exact) mass is 216 g/mol. The first kappa shape index (κ1) is 9.48. The fraction of sp³-hybridized carbons (Fsp3) is 0.231. The molecule has 3 heteroatoms. The highest BCUT2D eigenvalue weighted by atomic mass is 16.5. The number of rotatable bonds is 2. The summed E-state index contributed by atoms with van der Waals surface area (Å²) in [5.74, 6) is 1.49. The van der Waals surface area contributed by atoms with Crippen molar-refractivity contribution in [3.05, 3.63) is 53.5 Å². The average Bonchev–Trinajstić information content (AvgIpc) is 2.98. The molecule has 1 unspecified atom stereocenters. The van der Waals surface area contributed by atoms with E-state index in [-0.39, 0.29) is 0 Å². The van der Waals surface area contributed by atoms with Crippen LogP contribution in [-0.2, 0) is 6.42 Å². The molecule has 3 rings (SSSR count). The van der Waals surface area contributed by atoms with Gasteiger partial charge in [-0.15, -0.1) is 0 Å². The topological polar surface area (TPSA) is 42.6 Å². The van der Waals surface area contributed by atoms with Crippen LogP contribution in [0.15, 0.2) is 41.0 Å². The fourth-order valence-electron chi connectivity index (χ4n) is 1.99. The first-order valence-corrected chi connectivity index (χ1v) is 5.32. The summed E-state index contributed by atoms with van der Waals surface area (Å²) in [6.07, 6.45) is 1.78. The van der Waals surface area contributed by atoms with Crippen molar-refractivity contribution in [1.82, 2.24) is 0 Å². The van der Waals surface area contributed by atoms with Crippen LogP contribution in [0.25, 0.3) is 0 Å². The van der Waals surface area contributed by atoms with Gasteiger partial charge in [0.25, 0.3) is 0 Å². The van der Waals surface area contributed by atoms with E-state index >= 15 is 0 Å². The van der Waals surface area contributed by atoms with Crippen LogP contribution >= 0.6 is 0 Å². The maximum Gasteiger partial charge on any atom is 0.137 e. The van der Waals surface area contributed by atoms with Crippen molar-refractivity contribution in [1.29, 1.82) is 0 Å². The second kappa shape index (κ2) is 3.68. The largest absolute Gasteiger partial charge is 0.493 e. The van der Waals surface area contributed by atoms with E-state index in [9.17, 15) is 5.11 Å². The van der Waals surface area contributed by atoms with E-state index in [1.165, 1.54) is 0 Å². The second-order valence-corrected chi connectivity index (χ2v) is 3.88. The third-order valence-corrected chi connectivity index (χ3v) is 2.84. The molecule has 1 N–H and O–H groups in total. The molecule has 0 radical (unpaired) electrons. The van der Waals surface area contributed by atoms with Crippen LogP contribution in [-0.4, -0.2) is 11.7 Å². The van der Waals surface area contributed by atoms with Crippen molar-refractivity contribution < 1.29 is 14.3 Å². The SMILES string of the molecule is OC(c1ccc2c(c1)CCO2)c1ccco1. The number of fused-ring (bicyclic) bond motifs is 1. The molecule has 1 atom stereocenters. The van der Waals surface area contributed by atoms with Crippen LogP contribution in [0, 0.1) is 0 Å². The Morgan fingerprint density at radius 2 is 2.19 bits per heavy atom. The fourth-order valence-corrected chi connectivity index (χ4v) is 1.99. The Kier molecular flexibility index (Phi) is 2.18. The molecule has 3 nitrogen and oxygen atoms in total. The van der Waals surface area contributed by atoms with E-state index in [1.807, 2.05) is 18.2 Å². The maximum absolute atomic E-state index is 10.1. The minimum absolute atomic E-state index is 0.568. The van der Waals surface area contributed by atoms with Gasteiger partial charge in [-0.1, -0.05) is 6.07 Å². The predicted octanol–water partition coefficient (Wildman–Crippen LogP) is 2.30. The van der Waals surface area contributed by atoms with Gasteiger partial charge in [0, 0.05) is 6.42 Å². The van der Waals surface area contributed by atoms with Crippen molar-refractivity contribution in [2.24, 2.45) is 0 Å². The summed E-state index contributed by atoms with van der Waals surface area (Å²) in [7, 11) is 0.